The van der Waals surface area contributed by atoms with Gasteiger partial charge in [0.1, 0.15) is 6.04 Å². The van der Waals surface area contributed by atoms with Crippen LogP contribution in [0.25, 0.3) is 0 Å². The topological polar surface area (TPSA) is 86.8 Å². The van der Waals surface area contributed by atoms with Gasteiger partial charge in [0.15, 0.2) is 0 Å². The van der Waals surface area contributed by atoms with E-state index in [2.05, 4.69) is 5.32 Å². The Morgan fingerprint density at radius 2 is 1.72 bits per heavy atom. The Kier molecular flexibility index (Phi) is 11.1. The minimum Gasteiger partial charge on any atom is -0.352 e. The zero-order chi connectivity index (χ0) is 27.0. The van der Waals surface area contributed by atoms with E-state index in [0.717, 1.165) is 17.4 Å². The number of benzene rings is 2. The molecule has 0 radical (unpaired) electrons. The van der Waals surface area contributed by atoms with Gasteiger partial charge in [0.2, 0.25) is 21.8 Å². The van der Waals surface area contributed by atoms with Crippen molar-refractivity contribution in [2.45, 2.75) is 65.6 Å². The predicted molar refractivity (Wildman–Crippen MR) is 147 cm³/mol. The molecule has 0 aromatic heterocycles. The van der Waals surface area contributed by atoms with Crippen molar-refractivity contribution in [3.05, 3.63) is 63.6 Å². The molecule has 0 spiro atoms. The van der Waals surface area contributed by atoms with Crippen molar-refractivity contribution in [1.82, 2.24) is 10.2 Å². The Balaban J connectivity index is 2.26. The van der Waals surface area contributed by atoms with Gasteiger partial charge < -0.3 is 10.2 Å². The third kappa shape index (κ3) is 8.39. The molecule has 1 N–H and O–H groups in total. The molecule has 0 saturated heterocycles. The fraction of sp³-hybridized carbons (Fsp3) is 0.462. The summed E-state index contributed by atoms with van der Waals surface area (Å²) in [5.41, 5.74) is 2.15. The summed E-state index contributed by atoms with van der Waals surface area (Å²) in [4.78, 5) is 27.9. The Bertz CT molecular complexity index is 1170. The normalized spacial score (nSPS) is 12.3. The van der Waals surface area contributed by atoms with E-state index >= 15 is 0 Å². The molecule has 2 aromatic rings. The van der Waals surface area contributed by atoms with Gasteiger partial charge in [0.05, 0.1) is 22.0 Å². The smallest absolute Gasteiger partial charge is 0.243 e. The van der Waals surface area contributed by atoms with E-state index in [0.29, 0.717) is 28.6 Å². The molecule has 0 bridgehead atoms. The van der Waals surface area contributed by atoms with Gasteiger partial charge in [-0.2, -0.15) is 0 Å². The summed E-state index contributed by atoms with van der Waals surface area (Å²) in [6, 6.07) is 11.6. The highest BCUT2D eigenvalue weighted by Crippen LogP contribution is 2.25. The van der Waals surface area contributed by atoms with Crippen molar-refractivity contribution in [1.29, 1.82) is 0 Å². The fourth-order valence-corrected chi connectivity index (χ4v) is 5.30. The fourth-order valence-electron chi connectivity index (χ4n) is 3.96. The Hall–Kier alpha value is -2.29. The molecule has 7 nitrogen and oxygen atoms in total. The van der Waals surface area contributed by atoms with Gasteiger partial charge in [-0.1, -0.05) is 54.4 Å². The molecule has 0 aliphatic heterocycles. The van der Waals surface area contributed by atoms with Crippen LogP contribution in [0.1, 0.15) is 51.2 Å². The van der Waals surface area contributed by atoms with Crippen molar-refractivity contribution in [3.8, 4) is 0 Å². The number of hydrogen-bond acceptors (Lipinski definition) is 4. The molecule has 0 fully saturated rings. The average molecular weight is 557 g/mol. The number of carbonyl (C=O) groups is 2. The molecule has 10 heteroatoms. The van der Waals surface area contributed by atoms with Gasteiger partial charge in [-0.05, 0) is 62.9 Å². The van der Waals surface area contributed by atoms with Crippen LogP contribution in [0.5, 0.6) is 0 Å². The van der Waals surface area contributed by atoms with Crippen molar-refractivity contribution in [2.75, 3.05) is 17.1 Å². The molecule has 0 saturated carbocycles. The summed E-state index contributed by atoms with van der Waals surface area (Å²) in [6.45, 7) is 7.74. The lowest BCUT2D eigenvalue weighted by atomic mass is 10.1. The lowest BCUT2D eigenvalue weighted by Gasteiger charge is -2.32. The lowest BCUT2D eigenvalue weighted by Crippen LogP contribution is -2.50. The minimum absolute atomic E-state index is 0.0741. The first-order valence-corrected chi connectivity index (χ1v) is 14.5. The van der Waals surface area contributed by atoms with Gasteiger partial charge in [-0.25, -0.2) is 8.42 Å². The maximum Gasteiger partial charge on any atom is 0.243 e. The van der Waals surface area contributed by atoms with E-state index in [1.54, 1.807) is 30.3 Å². The molecule has 2 amide bonds. The van der Waals surface area contributed by atoms with Gasteiger partial charge >= 0.3 is 0 Å². The number of aryl methyl sites for hydroxylation is 1. The summed E-state index contributed by atoms with van der Waals surface area (Å²) < 4.78 is 26.3. The average Bonchev–Trinajstić information content (AvgIpc) is 2.78. The second kappa shape index (κ2) is 13.3. The van der Waals surface area contributed by atoms with Crippen LogP contribution in [0.3, 0.4) is 0 Å². The van der Waals surface area contributed by atoms with Crippen molar-refractivity contribution >= 4 is 50.7 Å². The van der Waals surface area contributed by atoms with Gasteiger partial charge in [0.25, 0.3) is 0 Å². The van der Waals surface area contributed by atoms with Gasteiger partial charge in [0, 0.05) is 25.6 Å². The molecule has 0 aliphatic rings. The number of halogens is 2. The van der Waals surface area contributed by atoms with E-state index in [-0.39, 0.29) is 37.4 Å². The lowest BCUT2D eigenvalue weighted by molar-refractivity contribution is -0.141. The number of sulfonamides is 1. The summed E-state index contributed by atoms with van der Waals surface area (Å²) >= 11 is 12.2. The van der Waals surface area contributed by atoms with Crippen LogP contribution in [0.15, 0.2) is 42.5 Å². The number of carbonyl (C=O) groups excluding carboxylic acids is 2. The number of anilines is 1. The van der Waals surface area contributed by atoms with Crippen molar-refractivity contribution < 1.29 is 18.0 Å². The maximum atomic E-state index is 13.4. The standard InChI is InChI=1S/C26H35Cl2N3O4S/c1-6-23(26(33)29-18(2)3)30(17-20-13-14-21(27)22(28)16-20)25(32)12-9-15-31(36(5,34)35)24-11-8-7-10-19(24)4/h7-8,10-11,13-14,16,18,23H,6,9,12,15,17H2,1-5H3,(H,29,33)/t23-/m0/s1. The first kappa shape index (κ1) is 29.9. The largest absolute Gasteiger partial charge is 0.352 e. The predicted octanol–water partition coefficient (Wildman–Crippen LogP) is 5.18. The monoisotopic (exact) mass is 555 g/mol. The number of para-hydroxylation sites is 1. The summed E-state index contributed by atoms with van der Waals surface area (Å²) in [5, 5.41) is 3.66. The van der Waals surface area contributed by atoms with Gasteiger partial charge in [-0.3, -0.25) is 13.9 Å². The number of rotatable bonds is 12. The van der Waals surface area contributed by atoms with Crippen LogP contribution >= 0.6 is 23.2 Å². The molecule has 2 aromatic carbocycles. The highest BCUT2D eigenvalue weighted by Gasteiger charge is 2.29. The molecule has 0 heterocycles. The third-order valence-electron chi connectivity index (χ3n) is 5.69. The second-order valence-corrected chi connectivity index (χ2v) is 11.8. The zero-order valence-corrected chi connectivity index (χ0v) is 23.8. The van der Waals surface area contributed by atoms with Crippen LogP contribution in [0.4, 0.5) is 5.69 Å². The van der Waals surface area contributed by atoms with Crippen LogP contribution in [-0.2, 0) is 26.2 Å². The third-order valence-corrected chi connectivity index (χ3v) is 7.61. The Labute approximate surface area is 224 Å². The number of nitrogens with one attached hydrogen (secondary N) is 1. The molecule has 1 atom stereocenters. The van der Waals surface area contributed by atoms with Crippen molar-refractivity contribution in [3.63, 3.8) is 0 Å². The first-order chi connectivity index (χ1) is 16.8. The molecule has 0 aliphatic carbocycles. The summed E-state index contributed by atoms with van der Waals surface area (Å²) in [6.07, 6.45) is 1.94. The van der Waals surface area contributed by atoms with Crippen LogP contribution in [0.2, 0.25) is 10.0 Å². The van der Waals surface area contributed by atoms with E-state index in [1.165, 1.54) is 9.21 Å². The first-order valence-electron chi connectivity index (χ1n) is 11.9. The van der Waals surface area contributed by atoms with Crippen LogP contribution in [0, 0.1) is 6.92 Å². The molecule has 0 unspecified atom stereocenters. The van der Waals surface area contributed by atoms with Crippen LogP contribution < -0.4 is 9.62 Å². The van der Waals surface area contributed by atoms with E-state index in [4.69, 9.17) is 23.2 Å². The Morgan fingerprint density at radius 1 is 1.06 bits per heavy atom. The van der Waals surface area contributed by atoms with E-state index < -0.39 is 16.1 Å². The highest BCUT2D eigenvalue weighted by molar-refractivity contribution is 7.92. The summed E-state index contributed by atoms with van der Waals surface area (Å²) in [5.74, 6) is -0.483. The van der Waals surface area contributed by atoms with Crippen LogP contribution in [-0.4, -0.2) is 50.0 Å². The SMILES string of the molecule is CC[C@@H](C(=O)NC(C)C)N(Cc1ccc(Cl)c(Cl)c1)C(=O)CCCN(c1ccccc1C)S(C)(=O)=O. The zero-order valence-electron chi connectivity index (χ0n) is 21.4. The quantitative estimate of drug-likeness (QED) is 0.391. The van der Waals surface area contributed by atoms with E-state index in [1.807, 2.05) is 39.8 Å². The second-order valence-electron chi connectivity index (χ2n) is 9.08. The molecule has 198 valence electrons. The minimum atomic E-state index is -3.55. The maximum absolute atomic E-state index is 13.4. The molecular formula is C26H35Cl2N3O4S. The van der Waals surface area contributed by atoms with E-state index in [9.17, 15) is 18.0 Å². The highest BCUT2D eigenvalue weighted by atomic mass is 35.5. The van der Waals surface area contributed by atoms with Gasteiger partial charge in [-0.15, -0.1) is 0 Å². The number of hydrogen-bond donors (Lipinski definition) is 1. The number of nitrogens with zero attached hydrogens (tertiary/aromatic N) is 2. The number of amides is 2. The molecule has 2 rings (SSSR count). The Morgan fingerprint density at radius 3 is 2.28 bits per heavy atom. The molecule has 36 heavy (non-hydrogen) atoms. The summed E-state index contributed by atoms with van der Waals surface area (Å²) in [7, 11) is -3.55. The van der Waals surface area contributed by atoms with Crippen molar-refractivity contribution in [2.24, 2.45) is 0 Å². The molecular weight excluding hydrogens is 521 g/mol.